The Hall–Kier alpha value is -3.84. The molecule has 0 saturated carbocycles. The summed E-state index contributed by atoms with van der Waals surface area (Å²) in [6, 6.07) is 36.7. The van der Waals surface area contributed by atoms with Crippen LogP contribution in [0, 0.1) is 0 Å². The highest BCUT2D eigenvalue weighted by molar-refractivity contribution is 6.18. The zero-order valence-corrected chi connectivity index (χ0v) is 15.9. The topological polar surface area (TPSA) is 26.0 Å². The van der Waals surface area contributed by atoms with Crippen molar-refractivity contribution in [2.24, 2.45) is 0 Å². The van der Waals surface area contributed by atoms with Gasteiger partial charge in [0.05, 0.1) is 0 Å². The van der Waals surface area contributed by atoms with Crippen LogP contribution in [0.15, 0.2) is 103 Å². The molecule has 136 valence electrons. The Balaban J connectivity index is 1.59. The maximum absolute atomic E-state index is 6.26. The monoisotopic (exact) mass is 369 g/mol. The van der Waals surface area contributed by atoms with Crippen molar-refractivity contribution < 1.29 is 0 Å². The summed E-state index contributed by atoms with van der Waals surface area (Å²) in [5.41, 5.74) is 17.2. The number of nitrogen functional groups attached to an aromatic ring is 1. The molecule has 5 aromatic carbocycles. The molecule has 1 aliphatic rings. The van der Waals surface area contributed by atoms with E-state index in [9.17, 15) is 0 Å². The lowest BCUT2D eigenvalue weighted by Crippen LogP contribution is -1.86. The highest BCUT2D eigenvalue weighted by Gasteiger charge is 2.22. The third kappa shape index (κ3) is 2.34. The summed E-state index contributed by atoms with van der Waals surface area (Å²) >= 11 is 0. The van der Waals surface area contributed by atoms with Gasteiger partial charge in [0.1, 0.15) is 0 Å². The van der Waals surface area contributed by atoms with E-state index in [0.29, 0.717) is 0 Å². The van der Waals surface area contributed by atoms with Crippen molar-refractivity contribution in [1.29, 1.82) is 0 Å². The highest BCUT2D eigenvalue weighted by Crippen LogP contribution is 2.49. The maximum atomic E-state index is 6.26. The normalized spacial score (nSPS) is 11.6. The number of hydrogen-bond acceptors (Lipinski definition) is 1. The zero-order chi connectivity index (χ0) is 19.4. The Bertz CT molecular complexity index is 1400. The predicted molar refractivity (Wildman–Crippen MR) is 124 cm³/mol. The fourth-order valence-corrected chi connectivity index (χ4v) is 4.65. The fraction of sp³-hybridized carbons (Fsp3) is 0. The van der Waals surface area contributed by atoms with Gasteiger partial charge >= 0.3 is 0 Å². The first-order valence-electron chi connectivity index (χ1n) is 9.92. The van der Waals surface area contributed by atoms with E-state index in [1.165, 1.54) is 49.9 Å². The van der Waals surface area contributed by atoms with E-state index in [2.05, 4.69) is 97.1 Å². The molecule has 0 amide bonds. The fourth-order valence-electron chi connectivity index (χ4n) is 4.65. The second-order valence-electron chi connectivity index (χ2n) is 7.60. The van der Waals surface area contributed by atoms with Gasteiger partial charge < -0.3 is 5.73 Å². The first kappa shape index (κ1) is 16.1. The summed E-state index contributed by atoms with van der Waals surface area (Å²) in [6.07, 6.45) is 0. The molecule has 0 unspecified atom stereocenters. The molecule has 0 saturated heterocycles. The standard InChI is InChI=1S/C28H19N/c29-27-16-15-24-22-14-13-19(17-26(22)23-11-6-12-25(27)28(23)24)21-10-5-4-9-20(21)18-7-2-1-3-8-18/h1-17H,29H2. The van der Waals surface area contributed by atoms with E-state index in [-0.39, 0.29) is 0 Å². The first-order chi connectivity index (χ1) is 14.3. The molecular weight excluding hydrogens is 350 g/mol. The number of rotatable bonds is 2. The van der Waals surface area contributed by atoms with Crippen LogP contribution >= 0.6 is 0 Å². The number of fused-ring (bicyclic) bond motifs is 3. The van der Waals surface area contributed by atoms with E-state index >= 15 is 0 Å². The number of hydrogen-bond donors (Lipinski definition) is 1. The summed E-state index contributed by atoms with van der Waals surface area (Å²) in [5, 5.41) is 2.42. The van der Waals surface area contributed by atoms with Gasteiger partial charge in [0.2, 0.25) is 0 Å². The van der Waals surface area contributed by atoms with Crippen LogP contribution in [0.5, 0.6) is 0 Å². The lowest BCUT2D eigenvalue weighted by Gasteiger charge is -2.12. The van der Waals surface area contributed by atoms with Gasteiger partial charge in [-0.3, -0.25) is 0 Å². The van der Waals surface area contributed by atoms with Crippen molar-refractivity contribution in [2.45, 2.75) is 0 Å². The summed E-state index contributed by atoms with van der Waals surface area (Å²) in [5.74, 6) is 0. The molecule has 2 N–H and O–H groups in total. The molecule has 0 atom stereocenters. The quantitative estimate of drug-likeness (QED) is 0.316. The Morgan fingerprint density at radius 1 is 0.414 bits per heavy atom. The molecule has 1 heteroatoms. The number of anilines is 1. The van der Waals surface area contributed by atoms with Gasteiger partial charge in [0.15, 0.2) is 0 Å². The van der Waals surface area contributed by atoms with E-state index in [4.69, 9.17) is 5.73 Å². The van der Waals surface area contributed by atoms with E-state index < -0.39 is 0 Å². The van der Waals surface area contributed by atoms with Crippen LogP contribution in [0.25, 0.3) is 55.3 Å². The molecule has 0 aliphatic heterocycles. The van der Waals surface area contributed by atoms with Crippen LogP contribution in [0.4, 0.5) is 5.69 Å². The predicted octanol–water partition coefficient (Wildman–Crippen LogP) is 7.40. The molecule has 1 nitrogen and oxygen atoms in total. The third-order valence-electron chi connectivity index (χ3n) is 6.00. The van der Waals surface area contributed by atoms with Crippen molar-refractivity contribution in [3.05, 3.63) is 103 Å². The van der Waals surface area contributed by atoms with Gasteiger partial charge in [0, 0.05) is 11.1 Å². The van der Waals surface area contributed by atoms with Gasteiger partial charge in [-0.1, -0.05) is 91.0 Å². The molecule has 1 aliphatic carbocycles. The molecule has 0 heterocycles. The lowest BCUT2D eigenvalue weighted by atomic mass is 9.92. The molecule has 0 aromatic heterocycles. The zero-order valence-electron chi connectivity index (χ0n) is 15.9. The second-order valence-corrected chi connectivity index (χ2v) is 7.60. The molecule has 0 bridgehead atoms. The molecule has 29 heavy (non-hydrogen) atoms. The minimum absolute atomic E-state index is 0.841. The second kappa shape index (κ2) is 6.08. The Kier molecular flexibility index (Phi) is 3.39. The summed E-state index contributed by atoms with van der Waals surface area (Å²) < 4.78 is 0. The van der Waals surface area contributed by atoms with Gasteiger partial charge in [-0.25, -0.2) is 0 Å². The van der Waals surface area contributed by atoms with E-state index in [1.807, 2.05) is 6.07 Å². The largest absolute Gasteiger partial charge is 0.398 e. The smallest absolute Gasteiger partial charge is 0.0394 e. The Morgan fingerprint density at radius 2 is 1.07 bits per heavy atom. The van der Waals surface area contributed by atoms with Crippen LogP contribution < -0.4 is 5.73 Å². The minimum Gasteiger partial charge on any atom is -0.398 e. The van der Waals surface area contributed by atoms with Crippen molar-refractivity contribution in [3.8, 4) is 44.5 Å². The Labute approximate surface area is 170 Å². The number of benzene rings is 5. The summed E-state index contributed by atoms with van der Waals surface area (Å²) in [6.45, 7) is 0. The van der Waals surface area contributed by atoms with Crippen LogP contribution in [0.3, 0.4) is 0 Å². The third-order valence-corrected chi connectivity index (χ3v) is 6.00. The van der Waals surface area contributed by atoms with Gasteiger partial charge in [-0.2, -0.15) is 0 Å². The van der Waals surface area contributed by atoms with E-state index in [1.54, 1.807) is 0 Å². The summed E-state index contributed by atoms with van der Waals surface area (Å²) in [7, 11) is 0. The average Bonchev–Trinajstić information content (AvgIpc) is 3.11. The van der Waals surface area contributed by atoms with Gasteiger partial charge in [-0.05, 0) is 62.0 Å². The van der Waals surface area contributed by atoms with Crippen molar-refractivity contribution in [1.82, 2.24) is 0 Å². The van der Waals surface area contributed by atoms with Crippen LogP contribution in [0.2, 0.25) is 0 Å². The molecule has 5 aromatic rings. The van der Waals surface area contributed by atoms with Gasteiger partial charge in [0.25, 0.3) is 0 Å². The molecule has 0 radical (unpaired) electrons. The van der Waals surface area contributed by atoms with Crippen LogP contribution in [0.1, 0.15) is 0 Å². The molecular formula is C28H19N. The first-order valence-corrected chi connectivity index (χ1v) is 9.92. The number of nitrogens with two attached hydrogens (primary N) is 1. The van der Waals surface area contributed by atoms with Crippen molar-refractivity contribution in [3.63, 3.8) is 0 Å². The van der Waals surface area contributed by atoms with Crippen LogP contribution in [-0.4, -0.2) is 0 Å². The average molecular weight is 369 g/mol. The van der Waals surface area contributed by atoms with E-state index in [0.717, 1.165) is 11.1 Å². The molecule has 0 spiro atoms. The van der Waals surface area contributed by atoms with Crippen molar-refractivity contribution in [2.75, 3.05) is 5.73 Å². The maximum Gasteiger partial charge on any atom is 0.0394 e. The lowest BCUT2D eigenvalue weighted by molar-refractivity contribution is 1.58. The minimum atomic E-state index is 0.841. The van der Waals surface area contributed by atoms with Crippen molar-refractivity contribution >= 4 is 16.5 Å². The highest BCUT2D eigenvalue weighted by atomic mass is 14.6. The Morgan fingerprint density at radius 3 is 1.90 bits per heavy atom. The van der Waals surface area contributed by atoms with Crippen LogP contribution in [-0.2, 0) is 0 Å². The SMILES string of the molecule is Nc1ccc2c3c(cccc13)-c1cc(-c3ccccc3-c3ccccc3)ccc1-2. The molecule has 6 rings (SSSR count). The summed E-state index contributed by atoms with van der Waals surface area (Å²) in [4.78, 5) is 0. The molecule has 0 fully saturated rings. The van der Waals surface area contributed by atoms with Gasteiger partial charge in [-0.15, -0.1) is 0 Å².